The molecule has 1 saturated heterocycles. The maximum atomic E-state index is 12.7. The van der Waals surface area contributed by atoms with Crippen molar-refractivity contribution >= 4 is 17.8 Å². The maximum absolute atomic E-state index is 12.7. The number of aromatic nitrogens is 4. The molecule has 0 aliphatic carbocycles. The molecule has 1 aliphatic rings. The molecule has 3 rings (SSSR count). The number of hydrogen-bond donors (Lipinski definition) is 3. The van der Waals surface area contributed by atoms with Crippen molar-refractivity contribution in [2.45, 2.75) is 44.9 Å². The number of carbonyl (C=O) groups excluding carboxylic acids is 2. The van der Waals surface area contributed by atoms with Crippen molar-refractivity contribution in [3.05, 3.63) is 29.2 Å². The first-order valence-electron chi connectivity index (χ1n) is 9.00. The number of aryl methyl sites for hydroxylation is 1. The van der Waals surface area contributed by atoms with E-state index in [9.17, 15) is 18.4 Å². The van der Waals surface area contributed by atoms with Gasteiger partial charge in [-0.1, -0.05) is 0 Å². The number of amides is 2. The fourth-order valence-electron chi connectivity index (χ4n) is 2.87. The Labute approximate surface area is 164 Å². The predicted octanol–water partition coefficient (Wildman–Crippen LogP) is 2.30. The number of anilines is 1. The zero-order valence-electron chi connectivity index (χ0n) is 16.1. The van der Waals surface area contributed by atoms with Crippen molar-refractivity contribution < 1.29 is 27.8 Å². The smallest absolute Gasteiger partial charge is 0.407 e. The predicted molar refractivity (Wildman–Crippen MR) is 96.6 cm³/mol. The molecule has 0 bridgehead atoms. The second-order valence-electron chi connectivity index (χ2n) is 6.93. The Morgan fingerprint density at radius 2 is 2.14 bits per heavy atom. The molecule has 3 heterocycles. The molecule has 1 fully saturated rings. The summed E-state index contributed by atoms with van der Waals surface area (Å²) in [6.07, 6.45) is -3.63. The van der Waals surface area contributed by atoms with E-state index in [1.807, 2.05) is 13.8 Å². The molecule has 12 heteroatoms. The molecular weight excluding hydrogens is 390 g/mol. The summed E-state index contributed by atoms with van der Waals surface area (Å²) >= 11 is 0. The average Bonchev–Trinajstić information content (AvgIpc) is 3.33. The minimum atomic E-state index is -2.77. The molecule has 2 aromatic heterocycles. The number of rotatable bonds is 6. The Morgan fingerprint density at radius 1 is 1.38 bits per heavy atom. The van der Waals surface area contributed by atoms with Crippen LogP contribution in [0.3, 0.4) is 0 Å². The van der Waals surface area contributed by atoms with Gasteiger partial charge >= 0.3 is 6.09 Å². The van der Waals surface area contributed by atoms with Crippen LogP contribution in [0.25, 0.3) is 0 Å². The van der Waals surface area contributed by atoms with Crippen LogP contribution in [-0.4, -0.2) is 50.7 Å². The van der Waals surface area contributed by atoms with Gasteiger partial charge in [0, 0.05) is 25.6 Å². The Morgan fingerprint density at radius 3 is 2.79 bits per heavy atom. The molecule has 0 spiro atoms. The summed E-state index contributed by atoms with van der Waals surface area (Å²) in [6.45, 7) is 3.90. The van der Waals surface area contributed by atoms with Crippen LogP contribution in [0, 0.1) is 0 Å². The van der Waals surface area contributed by atoms with Crippen LogP contribution < -0.4 is 10.6 Å². The molecule has 2 atom stereocenters. The molecule has 10 nitrogen and oxygen atoms in total. The van der Waals surface area contributed by atoms with E-state index in [-0.39, 0.29) is 30.3 Å². The summed E-state index contributed by atoms with van der Waals surface area (Å²) in [4.78, 5) is 24.0. The third-order valence-corrected chi connectivity index (χ3v) is 4.18. The van der Waals surface area contributed by atoms with Crippen LogP contribution in [0.5, 0.6) is 0 Å². The van der Waals surface area contributed by atoms with Gasteiger partial charge in [0.25, 0.3) is 12.3 Å². The normalized spacial score (nSPS) is 19.0. The van der Waals surface area contributed by atoms with Crippen molar-refractivity contribution in [3.63, 3.8) is 0 Å². The lowest BCUT2D eigenvalue weighted by atomic mass is 10.1. The van der Waals surface area contributed by atoms with E-state index in [0.717, 1.165) is 10.7 Å². The number of nitrogens with one attached hydrogen (secondary N) is 3. The lowest BCUT2D eigenvalue weighted by molar-refractivity contribution is 0.0682. The molecule has 3 N–H and O–H groups in total. The Kier molecular flexibility index (Phi) is 6.11. The quantitative estimate of drug-likeness (QED) is 0.669. The SMILES string of the molecule is CC(C)NC(=O)O[C@@H]1CO[C@H](c2cc(NC(=O)c3cc(C(F)F)nn3C)n[nH]2)C1. The van der Waals surface area contributed by atoms with Crippen molar-refractivity contribution in [1.29, 1.82) is 0 Å². The number of aromatic amines is 1. The minimum Gasteiger partial charge on any atom is -0.444 e. The Hall–Kier alpha value is -3.02. The summed E-state index contributed by atoms with van der Waals surface area (Å²) in [6, 6.07) is 2.57. The molecular formula is C17H22F2N6O4. The largest absolute Gasteiger partial charge is 0.444 e. The number of carbonyl (C=O) groups is 2. The van der Waals surface area contributed by atoms with Crippen molar-refractivity contribution in [3.8, 4) is 0 Å². The number of alkyl halides is 2. The molecule has 2 amide bonds. The summed E-state index contributed by atoms with van der Waals surface area (Å²) < 4.78 is 37.4. The van der Waals surface area contributed by atoms with E-state index in [2.05, 4.69) is 25.9 Å². The van der Waals surface area contributed by atoms with Crippen LogP contribution in [0.2, 0.25) is 0 Å². The molecule has 0 unspecified atom stereocenters. The average molecular weight is 412 g/mol. The van der Waals surface area contributed by atoms with Crippen molar-refractivity contribution in [2.75, 3.05) is 11.9 Å². The lowest BCUT2D eigenvalue weighted by Crippen LogP contribution is -2.33. The van der Waals surface area contributed by atoms with Gasteiger partial charge < -0.3 is 20.1 Å². The number of alkyl carbamates (subject to hydrolysis) is 1. The topological polar surface area (TPSA) is 123 Å². The fourth-order valence-corrected chi connectivity index (χ4v) is 2.87. The summed E-state index contributed by atoms with van der Waals surface area (Å²) in [7, 11) is 1.40. The molecule has 158 valence electrons. The second kappa shape index (κ2) is 8.55. The van der Waals surface area contributed by atoms with Crippen LogP contribution in [0.4, 0.5) is 19.4 Å². The second-order valence-corrected chi connectivity index (χ2v) is 6.93. The summed E-state index contributed by atoms with van der Waals surface area (Å²) in [5.41, 5.74) is 0.0906. The highest BCUT2D eigenvalue weighted by Crippen LogP contribution is 2.30. The standard InChI is InChI=1S/C17H22F2N6O4/c1-8(2)20-17(27)29-9-4-13(28-7-9)10-6-14(23-22-10)21-16(26)12-5-11(15(18)19)24-25(12)3/h5-6,8-9,13,15H,4,7H2,1-3H3,(H,20,27)(H2,21,22,23,26)/t9-,13-/m0/s1. The number of ether oxygens (including phenoxy) is 2. The molecule has 29 heavy (non-hydrogen) atoms. The van der Waals surface area contributed by atoms with Gasteiger partial charge in [0.15, 0.2) is 5.82 Å². The van der Waals surface area contributed by atoms with Gasteiger partial charge in [0.1, 0.15) is 23.6 Å². The molecule has 0 saturated carbocycles. The highest BCUT2D eigenvalue weighted by molar-refractivity contribution is 6.02. The number of hydrogen-bond acceptors (Lipinski definition) is 6. The van der Waals surface area contributed by atoms with E-state index in [4.69, 9.17) is 9.47 Å². The monoisotopic (exact) mass is 412 g/mol. The highest BCUT2D eigenvalue weighted by Gasteiger charge is 2.31. The Bertz CT molecular complexity index is 881. The molecule has 2 aromatic rings. The first-order valence-corrected chi connectivity index (χ1v) is 9.00. The first-order chi connectivity index (χ1) is 13.7. The maximum Gasteiger partial charge on any atom is 0.407 e. The lowest BCUT2D eigenvalue weighted by Gasteiger charge is -2.13. The number of H-pyrrole nitrogens is 1. The van der Waals surface area contributed by atoms with Crippen LogP contribution in [0.15, 0.2) is 12.1 Å². The van der Waals surface area contributed by atoms with E-state index < -0.39 is 30.2 Å². The summed E-state index contributed by atoms with van der Waals surface area (Å²) in [5, 5.41) is 15.5. The molecule has 1 aliphatic heterocycles. The number of halogens is 2. The van der Waals surface area contributed by atoms with E-state index in [1.54, 1.807) is 6.07 Å². The summed E-state index contributed by atoms with van der Waals surface area (Å²) in [5.74, 6) is -0.417. The zero-order valence-corrected chi connectivity index (χ0v) is 16.1. The van der Waals surface area contributed by atoms with Crippen LogP contribution in [0.1, 0.15) is 54.7 Å². The fraction of sp³-hybridized carbons (Fsp3) is 0.529. The van der Waals surface area contributed by atoms with Gasteiger partial charge in [-0.05, 0) is 19.9 Å². The van der Waals surface area contributed by atoms with Gasteiger partial charge in [0.05, 0.1) is 12.3 Å². The van der Waals surface area contributed by atoms with Crippen molar-refractivity contribution in [1.82, 2.24) is 25.3 Å². The third-order valence-electron chi connectivity index (χ3n) is 4.18. The third kappa shape index (κ3) is 5.08. The van der Waals surface area contributed by atoms with Gasteiger partial charge in [-0.3, -0.25) is 14.6 Å². The van der Waals surface area contributed by atoms with Gasteiger partial charge in [-0.25, -0.2) is 13.6 Å². The van der Waals surface area contributed by atoms with E-state index >= 15 is 0 Å². The molecule has 0 radical (unpaired) electrons. The zero-order chi connectivity index (χ0) is 21.1. The van der Waals surface area contributed by atoms with Crippen LogP contribution >= 0.6 is 0 Å². The Balaban J connectivity index is 1.57. The van der Waals surface area contributed by atoms with E-state index in [1.165, 1.54) is 7.05 Å². The highest BCUT2D eigenvalue weighted by atomic mass is 19.3. The molecule has 0 aromatic carbocycles. The van der Waals surface area contributed by atoms with Gasteiger partial charge in [0.2, 0.25) is 0 Å². The first kappa shape index (κ1) is 20.7. The van der Waals surface area contributed by atoms with Gasteiger partial charge in [-0.15, -0.1) is 0 Å². The van der Waals surface area contributed by atoms with Crippen molar-refractivity contribution in [2.24, 2.45) is 7.05 Å². The van der Waals surface area contributed by atoms with E-state index in [0.29, 0.717) is 12.1 Å². The van der Waals surface area contributed by atoms with Crippen LogP contribution in [-0.2, 0) is 16.5 Å². The minimum absolute atomic E-state index is 0.0217. The number of nitrogens with zero attached hydrogens (tertiary/aromatic N) is 3. The van der Waals surface area contributed by atoms with Gasteiger partial charge in [-0.2, -0.15) is 10.2 Å².